The van der Waals surface area contributed by atoms with Crippen molar-refractivity contribution in [1.29, 1.82) is 5.26 Å². The maximum absolute atomic E-state index is 12.4. The van der Waals surface area contributed by atoms with Gasteiger partial charge in [-0.05, 0) is 46.5 Å². The van der Waals surface area contributed by atoms with Gasteiger partial charge in [-0.1, -0.05) is 5.16 Å². The van der Waals surface area contributed by atoms with E-state index in [4.69, 9.17) is 14.5 Å². The molecule has 2 amide bonds. The Bertz CT molecular complexity index is 701. The van der Waals surface area contributed by atoms with Crippen LogP contribution < -0.4 is 5.32 Å². The molecule has 0 saturated carbocycles. The number of carbonyl (C=O) groups excluding carboxylic acids is 2. The van der Waals surface area contributed by atoms with Crippen molar-refractivity contribution in [2.24, 2.45) is 0 Å². The molecule has 1 aromatic heterocycles. The van der Waals surface area contributed by atoms with Crippen LogP contribution in [-0.4, -0.2) is 45.8 Å². The Balaban J connectivity index is 1.61. The number of nitrogens with one attached hydrogen (secondary N) is 1. The number of hydrogen-bond donors (Lipinski definition) is 1. The summed E-state index contributed by atoms with van der Waals surface area (Å²) in [5.74, 6) is -0.356. The molecule has 0 spiro atoms. The number of aromatic nitrogens is 1. The van der Waals surface area contributed by atoms with Gasteiger partial charge in [-0.15, -0.1) is 0 Å². The number of carbonyl (C=O) groups is 2. The average molecular weight is 346 g/mol. The largest absolute Gasteiger partial charge is 0.444 e. The second-order valence-corrected chi connectivity index (χ2v) is 7.60. The Kier molecular flexibility index (Phi) is 4.41. The zero-order valence-electron chi connectivity index (χ0n) is 14.6. The lowest BCUT2D eigenvalue weighted by atomic mass is 9.97. The number of amides is 2. The van der Waals surface area contributed by atoms with Gasteiger partial charge in [0.25, 0.3) is 5.91 Å². The first-order chi connectivity index (χ1) is 11.8. The van der Waals surface area contributed by atoms with Gasteiger partial charge in [0.1, 0.15) is 11.7 Å². The maximum Gasteiger partial charge on any atom is 0.410 e. The third-order valence-corrected chi connectivity index (χ3v) is 4.53. The summed E-state index contributed by atoms with van der Waals surface area (Å²) in [4.78, 5) is 26.5. The van der Waals surface area contributed by atoms with Gasteiger partial charge in [0.15, 0.2) is 5.69 Å². The molecule has 2 bridgehead atoms. The van der Waals surface area contributed by atoms with E-state index in [0.717, 1.165) is 12.8 Å². The Morgan fingerprint density at radius 2 is 2.00 bits per heavy atom. The van der Waals surface area contributed by atoms with Crippen molar-refractivity contribution in [2.45, 2.75) is 70.2 Å². The van der Waals surface area contributed by atoms with Crippen LogP contribution in [0.3, 0.4) is 0 Å². The fourth-order valence-corrected chi connectivity index (χ4v) is 3.60. The van der Waals surface area contributed by atoms with Crippen LogP contribution in [0.1, 0.15) is 62.7 Å². The van der Waals surface area contributed by atoms with Crippen LogP contribution >= 0.6 is 0 Å². The number of piperidine rings is 1. The molecule has 1 aromatic rings. The standard InChI is InChI=1S/C17H22N4O4/c1-17(2,3)24-16(23)21-11-4-5-12(21)7-10(6-11)19-15(22)14-8-13(9-18)25-20-14/h8,10-12H,4-7H2,1-3H3,(H,19,22)/t10?,11-,12+. The van der Waals surface area contributed by atoms with Gasteiger partial charge in [-0.2, -0.15) is 5.26 Å². The molecule has 25 heavy (non-hydrogen) atoms. The molecule has 2 aliphatic heterocycles. The van der Waals surface area contributed by atoms with E-state index in [0.29, 0.717) is 12.8 Å². The number of rotatable bonds is 2. The lowest BCUT2D eigenvalue weighted by molar-refractivity contribution is 0.00499. The Hall–Kier alpha value is -2.56. The average Bonchev–Trinajstić information content (AvgIpc) is 3.09. The molecule has 0 aromatic carbocycles. The molecule has 2 saturated heterocycles. The topological polar surface area (TPSA) is 108 Å². The highest BCUT2D eigenvalue weighted by Crippen LogP contribution is 2.36. The molecule has 3 rings (SSSR count). The second kappa shape index (κ2) is 6.39. The molecule has 8 nitrogen and oxygen atoms in total. The first-order valence-electron chi connectivity index (χ1n) is 8.46. The third-order valence-electron chi connectivity index (χ3n) is 4.53. The van der Waals surface area contributed by atoms with E-state index in [9.17, 15) is 9.59 Å². The van der Waals surface area contributed by atoms with E-state index in [2.05, 4.69) is 10.5 Å². The number of nitriles is 1. The van der Waals surface area contributed by atoms with E-state index in [-0.39, 0.29) is 41.6 Å². The highest BCUT2D eigenvalue weighted by atomic mass is 16.6. The molecular formula is C17H22N4O4. The molecule has 1 unspecified atom stereocenters. The summed E-state index contributed by atoms with van der Waals surface area (Å²) in [7, 11) is 0. The summed E-state index contributed by atoms with van der Waals surface area (Å²) in [6.45, 7) is 5.56. The monoisotopic (exact) mass is 346 g/mol. The van der Waals surface area contributed by atoms with Crippen LogP contribution in [-0.2, 0) is 4.74 Å². The van der Waals surface area contributed by atoms with E-state index < -0.39 is 5.60 Å². The lowest BCUT2D eigenvalue weighted by Crippen LogP contribution is -2.53. The number of nitrogens with zero attached hydrogens (tertiary/aromatic N) is 3. The fourth-order valence-electron chi connectivity index (χ4n) is 3.60. The summed E-state index contributed by atoms with van der Waals surface area (Å²) in [6.07, 6.45) is 2.92. The van der Waals surface area contributed by atoms with Gasteiger partial charge in [-0.25, -0.2) is 4.79 Å². The lowest BCUT2D eigenvalue weighted by Gasteiger charge is -2.39. The SMILES string of the molecule is CC(C)(C)OC(=O)N1[C@@H]2CC[C@H]1CC(NC(=O)c1cc(C#N)on1)C2. The Morgan fingerprint density at radius 3 is 2.52 bits per heavy atom. The normalized spacial score (nSPS) is 25.4. The van der Waals surface area contributed by atoms with E-state index >= 15 is 0 Å². The van der Waals surface area contributed by atoms with Crippen LogP contribution in [0.15, 0.2) is 10.6 Å². The number of hydrogen-bond acceptors (Lipinski definition) is 6. The van der Waals surface area contributed by atoms with E-state index in [1.807, 2.05) is 25.7 Å². The molecular weight excluding hydrogens is 324 g/mol. The Labute approximate surface area is 146 Å². The second-order valence-electron chi connectivity index (χ2n) is 7.60. The molecule has 1 N–H and O–H groups in total. The van der Waals surface area contributed by atoms with Gasteiger partial charge >= 0.3 is 6.09 Å². The molecule has 134 valence electrons. The quantitative estimate of drug-likeness (QED) is 0.879. The predicted octanol–water partition coefficient (Wildman–Crippen LogP) is 2.21. The van der Waals surface area contributed by atoms with Crippen LogP contribution in [0, 0.1) is 11.3 Å². The minimum absolute atomic E-state index is 0.00460. The highest BCUT2D eigenvalue weighted by molar-refractivity contribution is 5.92. The molecule has 3 heterocycles. The number of ether oxygens (including phenoxy) is 1. The predicted molar refractivity (Wildman–Crippen MR) is 86.6 cm³/mol. The van der Waals surface area contributed by atoms with Gasteiger partial charge in [0, 0.05) is 24.2 Å². The molecule has 3 atom stereocenters. The smallest absolute Gasteiger partial charge is 0.410 e. The molecule has 0 aliphatic carbocycles. The fraction of sp³-hybridized carbons (Fsp3) is 0.647. The highest BCUT2D eigenvalue weighted by Gasteiger charge is 2.45. The zero-order valence-corrected chi connectivity index (χ0v) is 14.6. The molecule has 2 aliphatic rings. The summed E-state index contributed by atoms with van der Waals surface area (Å²) >= 11 is 0. The van der Waals surface area contributed by atoms with Crippen LogP contribution in [0.5, 0.6) is 0 Å². The maximum atomic E-state index is 12.4. The Morgan fingerprint density at radius 1 is 1.36 bits per heavy atom. The minimum Gasteiger partial charge on any atom is -0.444 e. The summed E-state index contributed by atoms with van der Waals surface area (Å²) in [5.41, 5.74) is -0.425. The van der Waals surface area contributed by atoms with Crippen molar-refractivity contribution in [2.75, 3.05) is 0 Å². The van der Waals surface area contributed by atoms with E-state index in [1.165, 1.54) is 6.07 Å². The van der Waals surface area contributed by atoms with Gasteiger partial charge in [-0.3, -0.25) is 4.79 Å². The van der Waals surface area contributed by atoms with Crippen LogP contribution in [0.4, 0.5) is 4.79 Å². The van der Waals surface area contributed by atoms with Crippen molar-refractivity contribution in [3.63, 3.8) is 0 Å². The van der Waals surface area contributed by atoms with Crippen molar-refractivity contribution < 1.29 is 18.8 Å². The number of fused-ring (bicyclic) bond motifs is 2. The van der Waals surface area contributed by atoms with Crippen LogP contribution in [0.2, 0.25) is 0 Å². The first kappa shape index (κ1) is 17.3. The van der Waals surface area contributed by atoms with Gasteiger partial charge < -0.3 is 19.5 Å². The summed E-state index contributed by atoms with van der Waals surface area (Å²) < 4.78 is 10.2. The summed E-state index contributed by atoms with van der Waals surface area (Å²) in [5, 5.41) is 15.3. The van der Waals surface area contributed by atoms with Crippen molar-refractivity contribution in [1.82, 2.24) is 15.4 Å². The van der Waals surface area contributed by atoms with Gasteiger partial charge in [0.2, 0.25) is 5.76 Å². The molecule has 8 heteroatoms. The van der Waals surface area contributed by atoms with Crippen molar-refractivity contribution in [3.8, 4) is 6.07 Å². The minimum atomic E-state index is -0.521. The van der Waals surface area contributed by atoms with Crippen molar-refractivity contribution >= 4 is 12.0 Å². The van der Waals surface area contributed by atoms with Crippen LogP contribution in [0.25, 0.3) is 0 Å². The zero-order chi connectivity index (χ0) is 18.2. The molecule has 2 fully saturated rings. The molecule has 0 radical (unpaired) electrons. The van der Waals surface area contributed by atoms with Crippen molar-refractivity contribution in [3.05, 3.63) is 17.5 Å². The first-order valence-corrected chi connectivity index (χ1v) is 8.46. The third kappa shape index (κ3) is 3.76. The van der Waals surface area contributed by atoms with Gasteiger partial charge in [0.05, 0.1) is 0 Å². The van der Waals surface area contributed by atoms with E-state index in [1.54, 1.807) is 6.07 Å². The summed E-state index contributed by atoms with van der Waals surface area (Å²) in [6, 6.07) is 3.23.